The summed E-state index contributed by atoms with van der Waals surface area (Å²) in [5.41, 5.74) is 3.45. The minimum Gasteiger partial charge on any atom is -0.481 e. The Hall–Kier alpha value is -4.14. The summed E-state index contributed by atoms with van der Waals surface area (Å²) in [6.45, 7) is 4.16. The molecule has 0 saturated heterocycles. The van der Waals surface area contributed by atoms with Gasteiger partial charge in [-0.05, 0) is 44.2 Å². The van der Waals surface area contributed by atoms with Crippen molar-refractivity contribution in [3.05, 3.63) is 66.1 Å². The zero-order valence-corrected chi connectivity index (χ0v) is 20.1. The Balaban J connectivity index is 1.70. The van der Waals surface area contributed by atoms with Crippen LogP contribution in [0.15, 0.2) is 54.7 Å². The van der Waals surface area contributed by atoms with Crippen LogP contribution in [0.5, 0.6) is 23.5 Å². The number of methoxy groups -OCH3 is 4. The molecule has 4 rings (SSSR count). The molecule has 176 valence electrons. The summed E-state index contributed by atoms with van der Waals surface area (Å²) in [5, 5.41) is 4.81. The second-order valence-electron chi connectivity index (χ2n) is 7.97. The van der Waals surface area contributed by atoms with Crippen molar-refractivity contribution >= 4 is 0 Å². The first-order valence-corrected chi connectivity index (χ1v) is 10.6. The van der Waals surface area contributed by atoms with E-state index in [9.17, 15) is 0 Å². The first kappa shape index (κ1) is 23.0. The highest BCUT2D eigenvalue weighted by molar-refractivity contribution is 5.66. The monoisotopic (exact) mass is 461 g/mol. The van der Waals surface area contributed by atoms with E-state index in [0.717, 1.165) is 22.6 Å². The minimum absolute atomic E-state index is 0.422. The van der Waals surface area contributed by atoms with Crippen LogP contribution in [-0.2, 0) is 5.41 Å². The third-order valence-corrected chi connectivity index (χ3v) is 5.60. The smallest absolute Gasteiger partial charge is 0.243 e. The Bertz CT molecular complexity index is 1300. The van der Waals surface area contributed by atoms with Crippen LogP contribution in [0.25, 0.3) is 16.9 Å². The number of nitrogens with zero attached hydrogens (tertiary/aromatic N) is 5. The van der Waals surface area contributed by atoms with Gasteiger partial charge in [0.1, 0.15) is 5.69 Å². The molecule has 4 aromatic heterocycles. The lowest BCUT2D eigenvalue weighted by Gasteiger charge is -2.22. The maximum atomic E-state index is 5.47. The van der Waals surface area contributed by atoms with Crippen molar-refractivity contribution in [2.24, 2.45) is 0 Å². The summed E-state index contributed by atoms with van der Waals surface area (Å²) < 4.78 is 23.0. The Morgan fingerprint density at radius 1 is 0.676 bits per heavy atom. The molecule has 0 atom stereocenters. The molecule has 9 nitrogen and oxygen atoms in total. The van der Waals surface area contributed by atoms with Gasteiger partial charge >= 0.3 is 0 Å². The van der Waals surface area contributed by atoms with E-state index in [1.54, 1.807) is 45.3 Å². The molecular weight excluding hydrogens is 434 g/mol. The van der Waals surface area contributed by atoms with Gasteiger partial charge in [-0.3, -0.25) is 4.98 Å². The third-order valence-electron chi connectivity index (χ3n) is 5.60. The topological polar surface area (TPSA) is 93.4 Å². The fraction of sp³-hybridized carbons (Fsp3) is 0.280. The second-order valence-corrected chi connectivity index (χ2v) is 7.97. The maximum Gasteiger partial charge on any atom is 0.243 e. The van der Waals surface area contributed by atoms with Gasteiger partial charge in [0.15, 0.2) is 0 Å². The highest BCUT2D eigenvalue weighted by Gasteiger charge is 2.28. The molecule has 0 N–H and O–H groups in total. The first-order valence-electron chi connectivity index (χ1n) is 10.6. The van der Waals surface area contributed by atoms with Crippen molar-refractivity contribution in [1.82, 2.24) is 24.7 Å². The van der Waals surface area contributed by atoms with E-state index in [1.165, 1.54) is 0 Å². The number of ether oxygens (including phenoxy) is 4. The van der Waals surface area contributed by atoms with Gasteiger partial charge < -0.3 is 18.9 Å². The van der Waals surface area contributed by atoms with Gasteiger partial charge in [0.25, 0.3) is 0 Å². The predicted octanol–water partition coefficient (Wildman–Crippen LogP) is 4.08. The molecule has 0 aliphatic rings. The molecule has 0 fully saturated rings. The predicted molar refractivity (Wildman–Crippen MR) is 127 cm³/mol. The number of aromatic nitrogens is 5. The zero-order chi connectivity index (χ0) is 24.3. The molecule has 4 aromatic rings. The molecule has 9 heteroatoms. The minimum atomic E-state index is -0.485. The SMILES string of the molecule is COc1ccc(-c2cccc(C(C)(C)c3ccn(-c4ccc(OC)nc4OC)n3)n2)c(OC)n1. The lowest BCUT2D eigenvalue weighted by molar-refractivity contribution is 0.362. The third kappa shape index (κ3) is 4.24. The number of rotatable bonds is 8. The molecule has 0 unspecified atom stereocenters. The van der Waals surface area contributed by atoms with Gasteiger partial charge in [0.05, 0.1) is 56.5 Å². The molecule has 0 bridgehead atoms. The van der Waals surface area contributed by atoms with Gasteiger partial charge in [-0.2, -0.15) is 15.1 Å². The summed E-state index contributed by atoms with van der Waals surface area (Å²) in [7, 11) is 6.28. The van der Waals surface area contributed by atoms with Gasteiger partial charge in [-0.25, -0.2) is 4.68 Å². The van der Waals surface area contributed by atoms with Crippen LogP contribution in [0.4, 0.5) is 0 Å². The van der Waals surface area contributed by atoms with E-state index in [2.05, 4.69) is 23.8 Å². The molecule has 4 heterocycles. The average molecular weight is 462 g/mol. The summed E-state index contributed by atoms with van der Waals surface area (Å²) in [6.07, 6.45) is 1.88. The van der Waals surface area contributed by atoms with E-state index < -0.39 is 5.41 Å². The lowest BCUT2D eigenvalue weighted by atomic mass is 9.85. The van der Waals surface area contributed by atoms with Crippen LogP contribution >= 0.6 is 0 Å². The normalized spacial score (nSPS) is 11.2. The Morgan fingerprint density at radius 2 is 1.35 bits per heavy atom. The van der Waals surface area contributed by atoms with Crippen molar-refractivity contribution in [3.63, 3.8) is 0 Å². The van der Waals surface area contributed by atoms with Crippen molar-refractivity contribution in [2.45, 2.75) is 19.3 Å². The van der Waals surface area contributed by atoms with E-state index in [1.807, 2.05) is 42.6 Å². The Kier molecular flexibility index (Phi) is 6.36. The van der Waals surface area contributed by atoms with Gasteiger partial charge in [0.2, 0.25) is 23.5 Å². The number of hydrogen-bond donors (Lipinski definition) is 0. The standard InChI is InChI=1S/C25H27N5O4/c1-25(2,20-14-15-30(29-20)18-11-13-22(32-4)28-24(18)34-6)19-9-7-8-17(26-19)16-10-12-21(31-3)27-23(16)33-5/h7-15H,1-6H3. The molecule has 0 amide bonds. The summed E-state index contributed by atoms with van der Waals surface area (Å²) in [4.78, 5) is 13.6. The maximum absolute atomic E-state index is 5.47. The zero-order valence-electron chi connectivity index (χ0n) is 20.1. The van der Waals surface area contributed by atoms with E-state index in [4.69, 9.17) is 29.0 Å². The fourth-order valence-corrected chi connectivity index (χ4v) is 3.60. The van der Waals surface area contributed by atoms with E-state index >= 15 is 0 Å². The molecule has 0 aliphatic heterocycles. The Morgan fingerprint density at radius 3 is 2.03 bits per heavy atom. The summed E-state index contributed by atoms with van der Waals surface area (Å²) in [6, 6.07) is 15.2. The molecule has 0 spiro atoms. The van der Waals surface area contributed by atoms with E-state index in [-0.39, 0.29) is 0 Å². The molecule has 0 aromatic carbocycles. The molecule has 0 radical (unpaired) electrons. The second kappa shape index (κ2) is 9.38. The van der Waals surface area contributed by atoms with Gasteiger partial charge in [-0.15, -0.1) is 0 Å². The molecular formula is C25H27N5O4. The summed E-state index contributed by atoms with van der Waals surface area (Å²) >= 11 is 0. The molecule has 34 heavy (non-hydrogen) atoms. The first-order chi connectivity index (χ1) is 16.4. The lowest BCUT2D eigenvalue weighted by Crippen LogP contribution is -2.22. The van der Waals surface area contributed by atoms with E-state index in [0.29, 0.717) is 29.2 Å². The highest BCUT2D eigenvalue weighted by Crippen LogP contribution is 2.34. The summed E-state index contributed by atoms with van der Waals surface area (Å²) in [5.74, 6) is 1.82. The Labute approximate surface area is 198 Å². The van der Waals surface area contributed by atoms with Gasteiger partial charge in [0, 0.05) is 18.3 Å². The van der Waals surface area contributed by atoms with Crippen molar-refractivity contribution in [3.8, 4) is 40.5 Å². The fourth-order valence-electron chi connectivity index (χ4n) is 3.60. The molecule has 0 saturated carbocycles. The van der Waals surface area contributed by atoms with Crippen LogP contribution in [0.1, 0.15) is 25.2 Å². The van der Waals surface area contributed by atoms with Crippen molar-refractivity contribution in [1.29, 1.82) is 0 Å². The average Bonchev–Trinajstić information content (AvgIpc) is 3.39. The van der Waals surface area contributed by atoms with Crippen LogP contribution in [-0.4, -0.2) is 53.2 Å². The van der Waals surface area contributed by atoms with Crippen LogP contribution in [0.3, 0.4) is 0 Å². The van der Waals surface area contributed by atoms with Crippen LogP contribution in [0, 0.1) is 0 Å². The van der Waals surface area contributed by atoms with Crippen LogP contribution < -0.4 is 18.9 Å². The molecule has 0 aliphatic carbocycles. The van der Waals surface area contributed by atoms with Crippen molar-refractivity contribution < 1.29 is 18.9 Å². The quantitative estimate of drug-likeness (QED) is 0.387. The van der Waals surface area contributed by atoms with Crippen molar-refractivity contribution in [2.75, 3.05) is 28.4 Å². The number of hydrogen-bond acceptors (Lipinski definition) is 8. The van der Waals surface area contributed by atoms with Gasteiger partial charge in [-0.1, -0.05) is 6.07 Å². The number of pyridine rings is 3. The highest BCUT2D eigenvalue weighted by atomic mass is 16.5. The van der Waals surface area contributed by atoms with Crippen LogP contribution in [0.2, 0.25) is 0 Å². The largest absolute Gasteiger partial charge is 0.481 e.